The van der Waals surface area contributed by atoms with Crippen molar-refractivity contribution in [3.8, 4) is 11.5 Å². The van der Waals surface area contributed by atoms with Gasteiger partial charge in [-0.15, -0.1) is 0 Å². The topological polar surface area (TPSA) is 67.8 Å². The molecule has 0 saturated heterocycles. The molecule has 7 heteroatoms. The summed E-state index contributed by atoms with van der Waals surface area (Å²) < 4.78 is 24.0. The smallest absolute Gasteiger partial charge is 0.254 e. The van der Waals surface area contributed by atoms with Crippen molar-refractivity contribution in [1.82, 2.24) is 5.32 Å². The molecule has 0 aliphatic carbocycles. The SMILES string of the molecule is COc1ccc(OC)c(C(O)CNC(=O)c2cc(Cl)ccc2F)c1. The van der Waals surface area contributed by atoms with E-state index in [1.807, 2.05) is 0 Å². The summed E-state index contributed by atoms with van der Waals surface area (Å²) in [5.41, 5.74) is 0.260. The summed E-state index contributed by atoms with van der Waals surface area (Å²) in [6, 6.07) is 8.63. The van der Waals surface area contributed by atoms with Gasteiger partial charge in [-0.05, 0) is 36.4 Å². The van der Waals surface area contributed by atoms with Gasteiger partial charge >= 0.3 is 0 Å². The number of aliphatic hydroxyl groups excluding tert-OH is 1. The molecule has 1 amide bonds. The van der Waals surface area contributed by atoms with E-state index in [2.05, 4.69) is 5.32 Å². The molecule has 0 radical (unpaired) electrons. The first-order valence-corrected chi connectivity index (χ1v) is 7.47. The van der Waals surface area contributed by atoms with Crippen LogP contribution in [0.1, 0.15) is 22.0 Å². The maximum atomic E-state index is 13.7. The third kappa shape index (κ3) is 4.15. The van der Waals surface area contributed by atoms with Crippen LogP contribution < -0.4 is 14.8 Å². The lowest BCUT2D eigenvalue weighted by molar-refractivity contribution is 0.0910. The number of benzene rings is 2. The number of amides is 1. The zero-order valence-electron chi connectivity index (χ0n) is 13.2. The van der Waals surface area contributed by atoms with E-state index in [0.717, 1.165) is 6.07 Å². The average molecular weight is 354 g/mol. The maximum absolute atomic E-state index is 13.7. The first-order valence-electron chi connectivity index (χ1n) is 7.09. The first-order chi connectivity index (χ1) is 11.5. The number of carbonyl (C=O) groups excluding carboxylic acids is 1. The van der Waals surface area contributed by atoms with E-state index in [1.165, 1.54) is 26.4 Å². The van der Waals surface area contributed by atoms with Crippen LogP contribution in [0.15, 0.2) is 36.4 Å². The third-order valence-electron chi connectivity index (χ3n) is 3.42. The molecule has 1 atom stereocenters. The Morgan fingerprint density at radius 2 is 2.00 bits per heavy atom. The van der Waals surface area contributed by atoms with Gasteiger partial charge in [-0.2, -0.15) is 0 Å². The summed E-state index contributed by atoms with van der Waals surface area (Å²) in [4.78, 5) is 12.1. The molecule has 2 rings (SSSR count). The van der Waals surface area contributed by atoms with E-state index in [1.54, 1.807) is 18.2 Å². The minimum absolute atomic E-state index is 0.131. The Balaban J connectivity index is 2.11. The quantitative estimate of drug-likeness (QED) is 0.837. The Labute approximate surface area is 144 Å². The minimum atomic E-state index is -1.05. The van der Waals surface area contributed by atoms with Gasteiger partial charge in [0.15, 0.2) is 0 Å². The number of carbonyl (C=O) groups is 1. The highest BCUT2D eigenvalue weighted by Gasteiger charge is 2.18. The van der Waals surface area contributed by atoms with Crippen LogP contribution >= 0.6 is 11.6 Å². The number of hydrogen-bond donors (Lipinski definition) is 2. The largest absolute Gasteiger partial charge is 0.497 e. The van der Waals surface area contributed by atoms with Crippen molar-refractivity contribution in [2.45, 2.75) is 6.10 Å². The molecular weight excluding hydrogens is 337 g/mol. The van der Waals surface area contributed by atoms with Gasteiger partial charge in [0.1, 0.15) is 23.4 Å². The second-order valence-electron chi connectivity index (χ2n) is 4.96. The molecule has 24 heavy (non-hydrogen) atoms. The van der Waals surface area contributed by atoms with Gasteiger partial charge in [-0.1, -0.05) is 11.6 Å². The van der Waals surface area contributed by atoms with Crippen molar-refractivity contribution < 1.29 is 23.8 Å². The molecule has 0 spiro atoms. The number of halogens is 2. The van der Waals surface area contributed by atoms with Gasteiger partial charge in [0.05, 0.1) is 19.8 Å². The molecule has 0 aliphatic rings. The van der Waals surface area contributed by atoms with Gasteiger partial charge in [-0.3, -0.25) is 4.79 Å². The molecule has 128 valence electrons. The van der Waals surface area contributed by atoms with Crippen molar-refractivity contribution >= 4 is 17.5 Å². The summed E-state index contributed by atoms with van der Waals surface area (Å²) >= 11 is 5.77. The fourth-order valence-electron chi connectivity index (χ4n) is 2.17. The Hall–Kier alpha value is -2.31. The van der Waals surface area contributed by atoms with Crippen LogP contribution in [0.5, 0.6) is 11.5 Å². The molecule has 0 bridgehead atoms. The van der Waals surface area contributed by atoms with E-state index in [0.29, 0.717) is 17.1 Å². The maximum Gasteiger partial charge on any atom is 0.254 e. The van der Waals surface area contributed by atoms with Gasteiger partial charge in [0.2, 0.25) is 0 Å². The van der Waals surface area contributed by atoms with Gasteiger partial charge < -0.3 is 19.9 Å². The van der Waals surface area contributed by atoms with Crippen LogP contribution in [-0.2, 0) is 0 Å². The highest BCUT2D eigenvalue weighted by Crippen LogP contribution is 2.29. The molecule has 2 N–H and O–H groups in total. The lowest BCUT2D eigenvalue weighted by Gasteiger charge is -2.16. The second kappa shape index (κ2) is 7.99. The highest BCUT2D eigenvalue weighted by molar-refractivity contribution is 6.31. The standard InChI is InChI=1S/C17H17ClFNO4/c1-23-11-4-6-16(24-2)13(8-11)15(21)9-20-17(22)12-7-10(18)3-5-14(12)19/h3-8,15,21H,9H2,1-2H3,(H,20,22). The molecule has 0 heterocycles. The van der Waals surface area contributed by atoms with Crippen LogP contribution in [0.4, 0.5) is 4.39 Å². The van der Waals surface area contributed by atoms with E-state index in [4.69, 9.17) is 21.1 Å². The number of rotatable bonds is 6. The number of ether oxygens (including phenoxy) is 2. The van der Waals surface area contributed by atoms with Crippen molar-refractivity contribution in [2.75, 3.05) is 20.8 Å². The Morgan fingerprint density at radius 3 is 2.67 bits per heavy atom. The average Bonchev–Trinajstić information content (AvgIpc) is 2.60. The molecule has 1 unspecified atom stereocenters. The number of nitrogens with one attached hydrogen (secondary N) is 1. The van der Waals surface area contributed by atoms with Crippen LogP contribution in [0.3, 0.4) is 0 Å². The molecule has 0 fully saturated rings. The summed E-state index contributed by atoms with van der Waals surface area (Å²) in [7, 11) is 2.97. The van der Waals surface area contributed by atoms with Crippen LogP contribution in [0, 0.1) is 5.82 Å². The zero-order valence-corrected chi connectivity index (χ0v) is 13.9. The van der Waals surface area contributed by atoms with E-state index >= 15 is 0 Å². The van der Waals surface area contributed by atoms with E-state index in [-0.39, 0.29) is 17.1 Å². The van der Waals surface area contributed by atoms with Gasteiger partial charge in [0, 0.05) is 17.1 Å². The van der Waals surface area contributed by atoms with Crippen LogP contribution in [0.25, 0.3) is 0 Å². The van der Waals surface area contributed by atoms with E-state index < -0.39 is 17.8 Å². The lowest BCUT2D eigenvalue weighted by Crippen LogP contribution is -2.29. The molecule has 0 saturated carbocycles. The van der Waals surface area contributed by atoms with Crippen molar-refractivity contribution in [2.24, 2.45) is 0 Å². The summed E-state index contributed by atoms with van der Waals surface area (Å²) in [5, 5.41) is 13.0. The predicted octanol–water partition coefficient (Wildman–Crippen LogP) is 2.96. The Kier molecular flexibility index (Phi) is 6.00. The monoisotopic (exact) mass is 353 g/mol. The molecule has 5 nitrogen and oxygen atoms in total. The predicted molar refractivity (Wildman–Crippen MR) is 88.2 cm³/mol. The van der Waals surface area contributed by atoms with Gasteiger partial charge in [0.25, 0.3) is 5.91 Å². The van der Waals surface area contributed by atoms with Crippen molar-refractivity contribution in [3.63, 3.8) is 0 Å². The second-order valence-corrected chi connectivity index (χ2v) is 5.39. The molecule has 2 aromatic carbocycles. The Morgan fingerprint density at radius 1 is 1.25 bits per heavy atom. The summed E-state index contributed by atoms with van der Waals surface area (Å²) in [6.07, 6.45) is -1.05. The molecule has 0 aliphatic heterocycles. The van der Waals surface area contributed by atoms with Gasteiger partial charge in [-0.25, -0.2) is 4.39 Å². The normalized spacial score (nSPS) is 11.7. The van der Waals surface area contributed by atoms with Crippen molar-refractivity contribution in [3.05, 3.63) is 58.4 Å². The van der Waals surface area contributed by atoms with Crippen LogP contribution in [0.2, 0.25) is 5.02 Å². The Bertz CT molecular complexity index is 739. The van der Waals surface area contributed by atoms with Crippen molar-refractivity contribution in [1.29, 1.82) is 0 Å². The van der Waals surface area contributed by atoms with Crippen LogP contribution in [-0.4, -0.2) is 31.8 Å². The third-order valence-corrected chi connectivity index (χ3v) is 3.66. The first kappa shape index (κ1) is 18.0. The fraction of sp³-hybridized carbons (Fsp3) is 0.235. The number of methoxy groups -OCH3 is 2. The summed E-state index contributed by atoms with van der Waals surface area (Å²) in [5.74, 6) is -0.371. The van der Waals surface area contributed by atoms with E-state index in [9.17, 15) is 14.3 Å². The number of aliphatic hydroxyl groups is 1. The molecule has 0 aromatic heterocycles. The molecular formula is C17H17ClFNO4. The zero-order chi connectivity index (χ0) is 17.7. The minimum Gasteiger partial charge on any atom is -0.497 e. The highest BCUT2D eigenvalue weighted by atomic mass is 35.5. The number of hydrogen-bond acceptors (Lipinski definition) is 4. The fourth-order valence-corrected chi connectivity index (χ4v) is 2.34. The lowest BCUT2D eigenvalue weighted by atomic mass is 10.1. The summed E-state index contributed by atoms with van der Waals surface area (Å²) in [6.45, 7) is -0.131. The molecule has 2 aromatic rings.